The maximum Gasteiger partial charge on any atom is 0.179 e. The zero-order chi connectivity index (χ0) is 13.7. The van der Waals surface area contributed by atoms with Crippen molar-refractivity contribution in [3.63, 3.8) is 0 Å². The van der Waals surface area contributed by atoms with Crippen molar-refractivity contribution in [2.24, 2.45) is 5.92 Å². The van der Waals surface area contributed by atoms with E-state index in [0.717, 1.165) is 12.8 Å². The highest BCUT2D eigenvalue weighted by Crippen LogP contribution is 2.27. The Morgan fingerprint density at radius 2 is 1.79 bits per heavy atom. The minimum atomic E-state index is -3.18. The fraction of sp³-hybridized carbons (Fsp3) is 0.600. The summed E-state index contributed by atoms with van der Waals surface area (Å²) in [5.41, 5.74) is 0. The number of nitrogens with one attached hydrogen (secondary N) is 1. The summed E-state index contributed by atoms with van der Waals surface area (Å²) >= 11 is 0. The third-order valence-electron chi connectivity index (χ3n) is 4.09. The summed E-state index contributed by atoms with van der Waals surface area (Å²) in [5.74, 6) is 0.704. The van der Waals surface area contributed by atoms with E-state index in [4.69, 9.17) is 0 Å². The zero-order valence-electron chi connectivity index (χ0n) is 11.5. The van der Waals surface area contributed by atoms with Gasteiger partial charge < -0.3 is 5.32 Å². The van der Waals surface area contributed by atoms with E-state index in [1.54, 1.807) is 24.3 Å². The smallest absolute Gasteiger partial charge is 0.179 e. The molecule has 0 bridgehead atoms. The third kappa shape index (κ3) is 3.80. The molecule has 0 radical (unpaired) electrons. The summed E-state index contributed by atoms with van der Waals surface area (Å²) in [6, 6.07) is 8.84. The van der Waals surface area contributed by atoms with E-state index in [1.807, 2.05) is 13.1 Å². The number of hydrogen-bond donors (Lipinski definition) is 1. The van der Waals surface area contributed by atoms with Crippen LogP contribution >= 0.6 is 0 Å². The second-order valence-corrected chi connectivity index (χ2v) is 7.42. The Labute approximate surface area is 116 Å². The predicted molar refractivity (Wildman–Crippen MR) is 77.9 cm³/mol. The van der Waals surface area contributed by atoms with E-state index in [1.165, 1.54) is 19.3 Å². The Morgan fingerprint density at radius 1 is 1.16 bits per heavy atom. The highest BCUT2D eigenvalue weighted by atomic mass is 32.2. The molecule has 1 aromatic carbocycles. The first-order valence-corrected chi connectivity index (χ1v) is 8.74. The van der Waals surface area contributed by atoms with Gasteiger partial charge in [-0.15, -0.1) is 0 Å². The number of sulfone groups is 1. The van der Waals surface area contributed by atoms with E-state index < -0.39 is 9.84 Å². The van der Waals surface area contributed by atoms with Gasteiger partial charge in [-0.3, -0.25) is 0 Å². The van der Waals surface area contributed by atoms with E-state index in [2.05, 4.69) is 5.32 Å². The van der Waals surface area contributed by atoms with Gasteiger partial charge in [-0.05, 0) is 37.9 Å². The maximum absolute atomic E-state index is 12.4. The van der Waals surface area contributed by atoms with Crippen LogP contribution in [0.1, 0.15) is 32.1 Å². The molecule has 0 aromatic heterocycles. The molecule has 0 spiro atoms. The summed E-state index contributed by atoms with van der Waals surface area (Å²) in [6.45, 7) is 0. The maximum atomic E-state index is 12.4. The molecule has 19 heavy (non-hydrogen) atoms. The van der Waals surface area contributed by atoms with Crippen LogP contribution in [-0.2, 0) is 9.84 Å². The van der Waals surface area contributed by atoms with Crippen molar-refractivity contribution in [3.8, 4) is 0 Å². The molecule has 2 rings (SSSR count). The van der Waals surface area contributed by atoms with Crippen molar-refractivity contribution in [2.75, 3.05) is 12.8 Å². The molecular weight excluding hydrogens is 258 g/mol. The van der Waals surface area contributed by atoms with Crippen LogP contribution < -0.4 is 5.32 Å². The first kappa shape index (κ1) is 14.5. The van der Waals surface area contributed by atoms with Gasteiger partial charge in [0.25, 0.3) is 0 Å². The van der Waals surface area contributed by atoms with Crippen LogP contribution in [-0.4, -0.2) is 27.3 Å². The van der Waals surface area contributed by atoms with Crippen LogP contribution in [0, 0.1) is 5.92 Å². The molecule has 3 nitrogen and oxygen atoms in total. The molecule has 1 aromatic rings. The highest BCUT2D eigenvalue weighted by Gasteiger charge is 2.27. The van der Waals surface area contributed by atoms with E-state index in [0.29, 0.717) is 10.8 Å². The monoisotopic (exact) mass is 281 g/mol. The molecule has 0 saturated heterocycles. The first-order valence-electron chi connectivity index (χ1n) is 7.08. The van der Waals surface area contributed by atoms with Crippen LogP contribution in [0.3, 0.4) is 0 Å². The van der Waals surface area contributed by atoms with Gasteiger partial charge in [-0.2, -0.15) is 0 Å². The average Bonchev–Trinajstić information content (AvgIpc) is 2.47. The lowest BCUT2D eigenvalue weighted by Gasteiger charge is -2.29. The third-order valence-corrected chi connectivity index (χ3v) is 5.88. The van der Waals surface area contributed by atoms with Gasteiger partial charge >= 0.3 is 0 Å². The van der Waals surface area contributed by atoms with Crippen LogP contribution in [0.5, 0.6) is 0 Å². The lowest BCUT2D eigenvalue weighted by atomic mass is 9.84. The van der Waals surface area contributed by atoms with Crippen molar-refractivity contribution in [3.05, 3.63) is 30.3 Å². The standard InChI is InChI=1S/C15H23NO2S/c1-16-15(13-8-4-2-5-9-13)12-19(17,18)14-10-6-3-7-11-14/h3,6-7,10-11,13,15-16H,2,4-5,8-9,12H2,1H3. The van der Waals surface area contributed by atoms with Crippen LogP contribution in [0.25, 0.3) is 0 Å². The highest BCUT2D eigenvalue weighted by molar-refractivity contribution is 7.91. The van der Waals surface area contributed by atoms with Gasteiger partial charge in [0.2, 0.25) is 0 Å². The minimum Gasteiger partial charge on any atom is -0.316 e. The summed E-state index contributed by atoms with van der Waals surface area (Å²) in [6.07, 6.45) is 6.05. The van der Waals surface area contributed by atoms with Crippen molar-refractivity contribution in [1.82, 2.24) is 5.32 Å². The Bertz CT molecular complexity index is 478. The molecule has 0 amide bonds. The van der Waals surface area contributed by atoms with Crippen molar-refractivity contribution < 1.29 is 8.42 Å². The summed E-state index contributed by atoms with van der Waals surface area (Å²) < 4.78 is 24.8. The van der Waals surface area contributed by atoms with Gasteiger partial charge in [0.1, 0.15) is 0 Å². The van der Waals surface area contributed by atoms with Gasteiger partial charge in [0.15, 0.2) is 9.84 Å². The van der Waals surface area contributed by atoms with Gasteiger partial charge in [-0.1, -0.05) is 37.5 Å². The zero-order valence-corrected chi connectivity index (χ0v) is 12.3. The lowest BCUT2D eigenvalue weighted by molar-refractivity contribution is 0.292. The van der Waals surface area contributed by atoms with Gasteiger partial charge in [-0.25, -0.2) is 8.42 Å². The van der Waals surface area contributed by atoms with Crippen LogP contribution in [0.15, 0.2) is 35.2 Å². The molecule has 1 aliphatic rings. The predicted octanol–water partition coefficient (Wildman–Crippen LogP) is 2.63. The molecule has 1 atom stereocenters. The fourth-order valence-electron chi connectivity index (χ4n) is 2.95. The number of hydrogen-bond acceptors (Lipinski definition) is 3. The summed E-state index contributed by atoms with van der Waals surface area (Å²) in [7, 11) is -1.31. The van der Waals surface area contributed by atoms with Crippen molar-refractivity contribution in [1.29, 1.82) is 0 Å². The van der Waals surface area contributed by atoms with E-state index in [9.17, 15) is 8.42 Å². The first-order chi connectivity index (χ1) is 9.13. The van der Waals surface area contributed by atoms with Gasteiger partial charge in [0, 0.05) is 6.04 Å². The number of rotatable bonds is 5. The molecular formula is C15H23NO2S. The largest absolute Gasteiger partial charge is 0.316 e. The molecule has 1 aliphatic carbocycles. The molecule has 1 unspecified atom stereocenters. The Balaban J connectivity index is 2.09. The lowest BCUT2D eigenvalue weighted by Crippen LogP contribution is -2.40. The second-order valence-electron chi connectivity index (χ2n) is 5.39. The topological polar surface area (TPSA) is 46.2 Å². The van der Waals surface area contributed by atoms with Crippen molar-refractivity contribution >= 4 is 9.84 Å². The summed E-state index contributed by atoms with van der Waals surface area (Å²) in [4.78, 5) is 0.436. The Morgan fingerprint density at radius 3 is 2.37 bits per heavy atom. The van der Waals surface area contributed by atoms with Crippen molar-refractivity contribution in [2.45, 2.75) is 43.0 Å². The number of benzene rings is 1. The molecule has 0 heterocycles. The van der Waals surface area contributed by atoms with E-state index >= 15 is 0 Å². The SMILES string of the molecule is CNC(CS(=O)(=O)c1ccccc1)C1CCCCC1. The molecule has 0 aliphatic heterocycles. The Kier molecular flexibility index (Phi) is 4.99. The molecule has 1 N–H and O–H groups in total. The molecule has 4 heteroatoms. The minimum absolute atomic E-state index is 0.0745. The quantitative estimate of drug-likeness (QED) is 0.902. The van der Waals surface area contributed by atoms with E-state index in [-0.39, 0.29) is 11.8 Å². The average molecular weight is 281 g/mol. The fourth-order valence-corrected chi connectivity index (χ4v) is 4.63. The molecule has 106 valence electrons. The second kappa shape index (κ2) is 6.53. The summed E-state index contributed by atoms with van der Waals surface area (Å²) in [5, 5.41) is 3.22. The normalized spacial score (nSPS) is 19.2. The van der Waals surface area contributed by atoms with Gasteiger partial charge in [0.05, 0.1) is 10.6 Å². The van der Waals surface area contributed by atoms with Crippen LogP contribution in [0.4, 0.5) is 0 Å². The molecule has 1 saturated carbocycles. The molecule has 1 fully saturated rings. The van der Waals surface area contributed by atoms with Crippen LogP contribution in [0.2, 0.25) is 0 Å². The Hall–Kier alpha value is -0.870.